The summed E-state index contributed by atoms with van der Waals surface area (Å²) in [6.45, 7) is 10.8. The Balaban J connectivity index is 1.76. The van der Waals surface area contributed by atoms with Gasteiger partial charge in [-0.25, -0.2) is 0 Å². The molecular formula is C26H40O4. The van der Waals surface area contributed by atoms with E-state index in [1.165, 1.54) is 5.57 Å². The van der Waals surface area contributed by atoms with Crippen molar-refractivity contribution in [2.75, 3.05) is 0 Å². The van der Waals surface area contributed by atoms with Crippen molar-refractivity contribution in [1.82, 2.24) is 0 Å². The summed E-state index contributed by atoms with van der Waals surface area (Å²) >= 11 is 0. The van der Waals surface area contributed by atoms with Crippen LogP contribution < -0.4 is 0 Å². The van der Waals surface area contributed by atoms with Gasteiger partial charge in [0.1, 0.15) is 11.9 Å². The molecule has 0 spiro atoms. The third-order valence-electron chi connectivity index (χ3n) is 7.92. The molecule has 4 nitrogen and oxygen atoms in total. The molecule has 0 aromatic heterocycles. The number of fused-ring (bicyclic) bond motifs is 1. The molecular weight excluding hydrogens is 376 g/mol. The Morgan fingerprint density at radius 2 is 1.97 bits per heavy atom. The summed E-state index contributed by atoms with van der Waals surface area (Å²) in [5, 5.41) is 9.94. The molecule has 1 fully saturated rings. The zero-order valence-electron chi connectivity index (χ0n) is 19.4. The lowest BCUT2D eigenvalue weighted by atomic mass is 9.60. The second kappa shape index (κ2) is 9.38. The maximum Gasteiger partial charge on any atom is 0.308 e. The lowest BCUT2D eigenvalue weighted by Gasteiger charge is -2.44. The van der Waals surface area contributed by atoms with Crippen LogP contribution >= 0.6 is 0 Å². The lowest BCUT2D eigenvalue weighted by molar-refractivity contribution is -0.160. The van der Waals surface area contributed by atoms with Gasteiger partial charge in [0, 0.05) is 18.3 Å². The number of esters is 1. The molecule has 0 bridgehead atoms. The number of aliphatic hydroxyl groups is 1. The van der Waals surface area contributed by atoms with Crippen LogP contribution in [-0.2, 0) is 14.3 Å². The summed E-state index contributed by atoms with van der Waals surface area (Å²) in [4.78, 5) is 24.8. The predicted molar refractivity (Wildman–Crippen MR) is 119 cm³/mol. The van der Waals surface area contributed by atoms with Crippen LogP contribution in [0.25, 0.3) is 0 Å². The SMILES string of the molecule is CCC(C)(C)C(=O)CC1C[C@@H](C)C=C2C=C[C@H](C)[C@H](CC[C@@H]3C[C@@H](O)CC(=O)O3)[C@H]21. The largest absolute Gasteiger partial charge is 0.462 e. The summed E-state index contributed by atoms with van der Waals surface area (Å²) in [5.74, 6) is 2.22. The van der Waals surface area contributed by atoms with Crippen LogP contribution in [0.2, 0.25) is 0 Å². The van der Waals surface area contributed by atoms with Gasteiger partial charge < -0.3 is 9.84 Å². The van der Waals surface area contributed by atoms with Crippen molar-refractivity contribution in [2.45, 2.75) is 91.8 Å². The van der Waals surface area contributed by atoms with Crippen LogP contribution in [0.5, 0.6) is 0 Å². The summed E-state index contributed by atoms with van der Waals surface area (Å²) in [6.07, 6.45) is 11.2. The molecule has 168 valence electrons. The van der Waals surface area contributed by atoms with Crippen LogP contribution in [0.15, 0.2) is 23.8 Å². The average molecular weight is 417 g/mol. The van der Waals surface area contributed by atoms with Crippen LogP contribution in [0.1, 0.15) is 79.6 Å². The molecule has 2 aliphatic carbocycles. The summed E-state index contributed by atoms with van der Waals surface area (Å²) in [6, 6.07) is 0. The molecule has 3 aliphatic rings. The number of Topliss-reactive ketones (excluding diaryl/α,β-unsaturated/α-hetero) is 1. The molecule has 4 heteroatoms. The van der Waals surface area contributed by atoms with E-state index in [4.69, 9.17) is 4.74 Å². The molecule has 1 aliphatic heterocycles. The smallest absolute Gasteiger partial charge is 0.308 e. The molecule has 0 radical (unpaired) electrons. The summed E-state index contributed by atoms with van der Waals surface area (Å²) < 4.78 is 5.50. The third kappa shape index (κ3) is 5.25. The maximum atomic E-state index is 13.1. The third-order valence-corrected chi connectivity index (χ3v) is 7.92. The zero-order valence-corrected chi connectivity index (χ0v) is 19.4. The minimum Gasteiger partial charge on any atom is -0.462 e. The number of cyclic esters (lactones) is 1. The Bertz CT molecular complexity index is 704. The van der Waals surface area contributed by atoms with Gasteiger partial charge in [0.2, 0.25) is 0 Å². The fraction of sp³-hybridized carbons (Fsp3) is 0.769. The van der Waals surface area contributed by atoms with E-state index < -0.39 is 6.10 Å². The molecule has 30 heavy (non-hydrogen) atoms. The van der Waals surface area contributed by atoms with Gasteiger partial charge in [-0.05, 0) is 60.8 Å². The molecule has 3 rings (SSSR count). The number of carbonyl (C=O) groups excluding carboxylic acids is 2. The highest BCUT2D eigenvalue weighted by Crippen LogP contribution is 2.48. The highest BCUT2D eigenvalue weighted by molar-refractivity contribution is 5.84. The second-order valence-corrected chi connectivity index (χ2v) is 10.7. The zero-order chi connectivity index (χ0) is 22.1. The van der Waals surface area contributed by atoms with E-state index in [9.17, 15) is 14.7 Å². The molecule has 1 N–H and O–H groups in total. The van der Waals surface area contributed by atoms with E-state index in [1.807, 2.05) is 0 Å². The second-order valence-electron chi connectivity index (χ2n) is 10.7. The first kappa shape index (κ1) is 23.2. The fourth-order valence-electron chi connectivity index (χ4n) is 5.68. The van der Waals surface area contributed by atoms with Crippen molar-refractivity contribution in [3.8, 4) is 0 Å². The topological polar surface area (TPSA) is 63.6 Å². The molecule has 7 atom stereocenters. The van der Waals surface area contributed by atoms with Crippen molar-refractivity contribution in [3.63, 3.8) is 0 Å². The van der Waals surface area contributed by atoms with Gasteiger partial charge in [-0.1, -0.05) is 52.8 Å². The summed E-state index contributed by atoms with van der Waals surface area (Å²) in [7, 11) is 0. The number of ketones is 1. The van der Waals surface area contributed by atoms with E-state index in [0.29, 0.717) is 48.2 Å². The Hall–Kier alpha value is -1.42. The predicted octanol–water partition coefficient (Wildman–Crippen LogP) is 5.25. The first-order valence-electron chi connectivity index (χ1n) is 11.9. The molecule has 0 saturated carbocycles. The van der Waals surface area contributed by atoms with Crippen LogP contribution in [0, 0.1) is 35.0 Å². The van der Waals surface area contributed by atoms with Crippen molar-refractivity contribution in [1.29, 1.82) is 0 Å². The Labute approximate surface area is 182 Å². The molecule has 1 saturated heterocycles. The Morgan fingerprint density at radius 1 is 1.23 bits per heavy atom. The number of allylic oxidation sites excluding steroid dienone is 4. The Kier molecular flexibility index (Phi) is 7.27. The number of rotatable bonds is 7. The van der Waals surface area contributed by atoms with Gasteiger partial charge in [0.25, 0.3) is 0 Å². The standard InChI is InChI=1S/C26H40O4/c1-6-26(4,5)23(28)13-19-12-16(2)11-18-8-7-17(3)22(25(18)19)10-9-21-14-20(27)15-24(29)30-21/h7-8,11,16-17,19-22,25,27H,6,9-10,12-15H2,1-5H3/t16-,17-,19?,20+,21+,22-,25+/m0/s1. The van der Waals surface area contributed by atoms with Crippen molar-refractivity contribution >= 4 is 11.8 Å². The highest BCUT2D eigenvalue weighted by atomic mass is 16.5. The van der Waals surface area contributed by atoms with E-state index >= 15 is 0 Å². The molecule has 0 amide bonds. The monoisotopic (exact) mass is 416 g/mol. The van der Waals surface area contributed by atoms with Crippen LogP contribution in [0.3, 0.4) is 0 Å². The molecule has 0 aromatic rings. The lowest BCUT2D eigenvalue weighted by Crippen LogP contribution is -2.39. The molecule has 1 heterocycles. The number of carbonyl (C=O) groups is 2. The van der Waals surface area contributed by atoms with Gasteiger partial charge in [-0.15, -0.1) is 0 Å². The van der Waals surface area contributed by atoms with Gasteiger partial charge in [-0.2, -0.15) is 0 Å². The minimum absolute atomic E-state index is 0.115. The Morgan fingerprint density at radius 3 is 2.63 bits per heavy atom. The van der Waals surface area contributed by atoms with Gasteiger partial charge in [-0.3, -0.25) is 9.59 Å². The number of hydrogen-bond acceptors (Lipinski definition) is 4. The van der Waals surface area contributed by atoms with E-state index in [2.05, 4.69) is 52.8 Å². The van der Waals surface area contributed by atoms with E-state index in [1.54, 1.807) is 0 Å². The highest BCUT2D eigenvalue weighted by Gasteiger charge is 2.42. The van der Waals surface area contributed by atoms with Gasteiger partial charge in [0.05, 0.1) is 12.5 Å². The molecule has 1 unspecified atom stereocenters. The van der Waals surface area contributed by atoms with Gasteiger partial charge in [0.15, 0.2) is 0 Å². The quantitative estimate of drug-likeness (QED) is 0.576. The minimum atomic E-state index is -0.576. The van der Waals surface area contributed by atoms with E-state index in [0.717, 1.165) is 25.7 Å². The number of aliphatic hydroxyl groups excluding tert-OH is 1. The van der Waals surface area contributed by atoms with Crippen molar-refractivity contribution in [3.05, 3.63) is 23.8 Å². The average Bonchev–Trinajstić information content (AvgIpc) is 2.66. The first-order chi connectivity index (χ1) is 14.1. The fourth-order valence-corrected chi connectivity index (χ4v) is 5.68. The summed E-state index contributed by atoms with van der Waals surface area (Å²) in [5.41, 5.74) is 1.13. The molecule has 0 aromatic carbocycles. The normalized spacial score (nSPS) is 36.7. The number of ether oxygens (including phenoxy) is 1. The van der Waals surface area contributed by atoms with E-state index in [-0.39, 0.29) is 23.9 Å². The van der Waals surface area contributed by atoms with Crippen LogP contribution in [-0.4, -0.2) is 29.1 Å². The maximum absolute atomic E-state index is 13.1. The van der Waals surface area contributed by atoms with Gasteiger partial charge >= 0.3 is 5.97 Å². The van der Waals surface area contributed by atoms with Crippen LogP contribution in [0.4, 0.5) is 0 Å². The number of hydrogen-bond donors (Lipinski definition) is 1. The van der Waals surface area contributed by atoms with Crippen molar-refractivity contribution < 1.29 is 19.4 Å². The van der Waals surface area contributed by atoms with Crippen molar-refractivity contribution in [2.24, 2.45) is 35.0 Å². The first-order valence-corrected chi connectivity index (χ1v) is 11.9.